The number of benzene rings is 1. The average molecular weight is 391 g/mol. The number of hydrogen-bond acceptors (Lipinski definition) is 4. The smallest absolute Gasteiger partial charge is 0.278 e. The maximum Gasteiger partial charge on any atom is 0.278 e. The molecule has 4 rings (SSSR count). The molecular formula is C19H16Cl2N2O3. The van der Waals surface area contributed by atoms with Gasteiger partial charge in [-0.15, -0.1) is 0 Å². The normalized spacial score (nSPS) is 17.8. The van der Waals surface area contributed by atoms with E-state index in [1.54, 1.807) is 30.3 Å². The van der Waals surface area contributed by atoms with Gasteiger partial charge in [0.15, 0.2) is 0 Å². The molecule has 2 aliphatic rings. The van der Waals surface area contributed by atoms with E-state index in [1.807, 2.05) is 4.90 Å². The van der Waals surface area contributed by atoms with E-state index in [1.165, 1.54) is 11.2 Å². The predicted octanol–water partition coefficient (Wildman–Crippen LogP) is 3.96. The Morgan fingerprint density at radius 1 is 1.04 bits per heavy atom. The van der Waals surface area contributed by atoms with Crippen LogP contribution in [0.4, 0.5) is 0 Å². The van der Waals surface area contributed by atoms with Crippen molar-refractivity contribution in [2.24, 2.45) is 0 Å². The summed E-state index contributed by atoms with van der Waals surface area (Å²) in [5.41, 5.74) is 1.28. The minimum atomic E-state index is -0.363. The number of likely N-dealkylation sites (tertiary alicyclic amines) is 1. The second-order valence-corrected chi connectivity index (χ2v) is 7.16. The van der Waals surface area contributed by atoms with Crippen LogP contribution in [-0.2, 0) is 16.1 Å². The molecule has 0 bridgehead atoms. The molecule has 0 saturated carbocycles. The summed E-state index contributed by atoms with van der Waals surface area (Å²) in [6.45, 7) is 1.59. The molecule has 0 radical (unpaired) electrons. The number of halogens is 2. The Hall–Kier alpha value is -2.24. The van der Waals surface area contributed by atoms with E-state index < -0.39 is 0 Å². The first kappa shape index (κ1) is 17.2. The van der Waals surface area contributed by atoms with Crippen LogP contribution >= 0.6 is 23.2 Å². The third-order valence-corrected chi connectivity index (χ3v) is 5.21. The van der Waals surface area contributed by atoms with Gasteiger partial charge in [0.25, 0.3) is 11.8 Å². The summed E-state index contributed by atoms with van der Waals surface area (Å²) in [7, 11) is 0. The van der Waals surface area contributed by atoms with Crippen molar-refractivity contribution in [3.63, 3.8) is 0 Å². The Bertz CT molecular complexity index is 900. The number of carbonyl (C=O) groups excluding carboxylic acids is 2. The topological polar surface area (TPSA) is 53.8 Å². The molecule has 0 unspecified atom stereocenters. The lowest BCUT2D eigenvalue weighted by molar-refractivity contribution is -0.138. The maximum absolute atomic E-state index is 13.1. The Balaban J connectivity index is 1.79. The summed E-state index contributed by atoms with van der Waals surface area (Å²) < 4.78 is 5.31. The minimum absolute atomic E-state index is 0.0940. The second-order valence-electron chi connectivity index (χ2n) is 6.32. The van der Waals surface area contributed by atoms with Crippen molar-refractivity contribution in [2.45, 2.75) is 19.4 Å². The summed E-state index contributed by atoms with van der Waals surface area (Å²) in [4.78, 5) is 29.4. The minimum Gasteiger partial charge on any atom is -0.467 e. The van der Waals surface area contributed by atoms with Gasteiger partial charge in [0.1, 0.15) is 11.5 Å². The molecule has 26 heavy (non-hydrogen) atoms. The van der Waals surface area contributed by atoms with Crippen molar-refractivity contribution < 1.29 is 14.0 Å². The molecule has 1 fully saturated rings. The van der Waals surface area contributed by atoms with Crippen LogP contribution < -0.4 is 0 Å². The van der Waals surface area contributed by atoms with Gasteiger partial charge in [-0.1, -0.05) is 29.3 Å². The SMILES string of the molecule is O=C1C(c2ccc(Cl)cc2Cl)=C(N2CCCC2)C(=O)N1Cc1ccco1. The Labute approximate surface area is 160 Å². The fraction of sp³-hybridized carbons (Fsp3) is 0.263. The second kappa shape index (κ2) is 6.82. The number of amides is 2. The lowest BCUT2D eigenvalue weighted by Crippen LogP contribution is -2.33. The zero-order valence-corrected chi connectivity index (χ0v) is 15.4. The predicted molar refractivity (Wildman–Crippen MR) is 98.5 cm³/mol. The molecule has 5 nitrogen and oxygen atoms in total. The lowest BCUT2D eigenvalue weighted by Gasteiger charge is -2.20. The van der Waals surface area contributed by atoms with Crippen LogP contribution in [0.2, 0.25) is 10.0 Å². The van der Waals surface area contributed by atoms with Gasteiger partial charge in [-0.3, -0.25) is 14.5 Å². The molecule has 2 aromatic rings. The van der Waals surface area contributed by atoms with E-state index in [4.69, 9.17) is 27.6 Å². The van der Waals surface area contributed by atoms with Gasteiger partial charge in [-0.25, -0.2) is 0 Å². The quantitative estimate of drug-likeness (QED) is 0.741. The monoisotopic (exact) mass is 390 g/mol. The van der Waals surface area contributed by atoms with Crippen molar-refractivity contribution in [1.82, 2.24) is 9.80 Å². The summed E-state index contributed by atoms with van der Waals surface area (Å²) in [5.74, 6) is -0.122. The van der Waals surface area contributed by atoms with Gasteiger partial charge in [0, 0.05) is 23.7 Å². The molecule has 1 saturated heterocycles. The van der Waals surface area contributed by atoms with E-state index in [2.05, 4.69) is 0 Å². The number of imide groups is 1. The van der Waals surface area contributed by atoms with Crippen molar-refractivity contribution in [3.8, 4) is 0 Å². The van der Waals surface area contributed by atoms with Crippen LogP contribution in [-0.4, -0.2) is 34.7 Å². The highest BCUT2D eigenvalue weighted by Gasteiger charge is 2.42. The molecule has 2 amide bonds. The lowest BCUT2D eigenvalue weighted by atomic mass is 10.0. The highest BCUT2D eigenvalue weighted by molar-refractivity contribution is 6.41. The van der Waals surface area contributed by atoms with Gasteiger partial charge in [-0.2, -0.15) is 0 Å². The molecule has 1 aromatic heterocycles. The van der Waals surface area contributed by atoms with Crippen molar-refractivity contribution in [3.05, 3.63) is 63.7 Å². The zero-order valence-electron chi connectivity index (χ0n) is 13.9. The summed E-state index contributed by atoms with van der Waals surface area (Å²) in [5, 5.41) is 0.830. The third kappa shape index (κ3) is 2.91. The van der Waals surface area contributed by atoms with Crippen LogP contribution in [0.15, 0.2) is 46.7 Å². The number of nitrogens with zero attached hydrogens (tertiary/aromatic N) is 2. The standard InChI is InChI=1S/C19H16Cl2N2O3/c20-12-5-6-14(15(21)10-12)16-17(22-7-1-2-8-22)19(25)23(18(16)24)11-13-4-3-9-26-13/h3-6,9-10H,1-2,7-8,11H2. The maximum atomic E-state index is 13.1. The number of rotatable bonds is 4. The van der Waals surface area contributed by atoms with Crippen LogP contribution in [0.5, 0.6) is 0 Å². The van der Waals surface area contributed by atoms with Crippen LogP contribution in [0.3, 0.4) is 0 Å². The summed E-state index contributed by atoms with van der Waals surface area (Å²) in [6.07, 6.45) is 3.50. The van der Waals surface area contributed by atoms with Crippen molar-refractivity contribution >= 4 is 40.6 Å². The van der Waals surface area contributed by atoms with Crippen molar-refractivity contribution in [2.75, 3.05) is 13.1 Å². The molecule has 7 heteroatoms. The molecule has 0 N–H and O–H groups in total. The zero-order chi connectivity index (χ0) is 18.3. The highest BCUT2D eigenvalue weighted by Crippen LogP contribution is 2.37. The van der Waals surface area contributed by atoms with E-state index in [0.717, 1.165) is 25.9 Å². The van der Waals surface area contributed by atoms with E-state index in [9.17, 15) is 9.59 Å². The summed E-state index contributed by atoms with van der Waals surface area (Å²) in [6, 6.07) is 8.41. The molecule has 0 aliphatic carbocycles. The number of furan rings is 1. The van der Waals surface area contributed by atoms with Crippen LogP contribution in [0.25, 0.3) is 5.57 Å². The van der Waals surface area contributed by atoms with E-state index >= 15 is 0 Å². The van der Waals surface area contributed by atoms with Crippen LogP contribution in [0, 0.1) is 0 Å². The fourth-order valence-corrected chi connectivity index (χ4v) is 3.94. The van der Waals surface area contributed by atoms with Gasteiger partial charge in [0.05, 0.1) is 23.4 Å². The van der Waals surface area contributed by atoms with Crippen molar-refractivity contribution in [1.29, 1.82) is 0 Å². The van der Waals surface area contributed by atoms with E-state index in [0.29, 0.717) is 32.6 Å². The first-order valence-corrected chi connectivity index (χ1v) is 9.15. The average Bonchev–Trinajstić information content (AvgIpc) is 3.34. The van der Waals surface area contributed by atoms with Gasteiger partial charge in [0.2, 0.25) is 0 Å². The Morgan fingerprint density at radius 2 is 1.81 bits per heavy atom. The molecular weight excluding hydrogens is 375 g/mol. The first-order valence-electron chi connectivity index (χ1n) is 8.39. The van der Waals surface area contributed by atoms with Gasteiger partial charge < -0.3 is 9.32 Å². The largest absolute Gasteiger partial charge is 0.467 e. The molecule has 0 spiro atoms. The summed E-state index contributed by atoms with van der Waals surface area (Å²) >= 11 is 12.3. The molecule has 134 valence electrons. The first-order chi connectivity index (χ1) is 12.6. The van der Waals surface area contributed by atoms with Gasteiger partial charge >= 0.3 is 0 Å². The van der Waals surface area contributed by atoms with Crippen LogP contribution in [0.1, 0.15) is 24.2 Å². The molecule has 2 aliphatic heterocycles. The Morgan fingerprint density at radius 3 is 2.46 bits per heavy atom. The Kier molecular flexibility index (Phi) is 4.51. The molecule has 0 atom stereocenters. The highest BCUT2D eigenvalue weighted by atomic mass is 35.5. The molecule has 1 aromatic carbocycles. The van der Waals surface area contributed by atoms with Gasteiger partial charge in [-0.05, 0) is 37.1 Å². The third-order valence-electron chi connectivity index (χ3n) is 4.66. The number of carbonyl (C=O) groups is 2. The van der Waals surface area contributed by atoms with E-state index in [-0.39, 0.29) is 18.4 Å². The number of hydrogen-bond donors (Lipinski definition) is 0. The fourth-order valence-electron chi connectivity index (χ4n) is 3.43. The molecule has 3 heterocycles.